The summed E-state index contributed by atoms with van der Waals surface area (Å²) in [4.78, 5) is 44.1. The third-order valence-corrected chi connectivity index (χ3v) is 7.91. The minimum atomic E-state index is -1.05. The molecule has 3 aromatic rings. The van der Waals surface area contributed by atoms with Crippen molar-refractivity contribution in [2.45, 2.75) is 105 Å². The maximum atomic E-state index is 14.9. The van der Waals surface area contributed by atoms with Crippen molar-refractivity contribution in [2.75, 3.05) is 5.32 Å². The number of alkyl carbamates (subject to hydrolysis) is 1. The molecule has 8 nitrogen and oxygen atoms in total. The smallest absolute Gasteiger partial charge is 0.408 e. The summed E-state index contributed by atoms with van der Waals surface area (Å²) in [6.45, 7) is 17.3. The van der Waals surface area contributed by atoms with E-state index in [0.717, 1.165) is 28.7 Å². The number of benzene rings is 3. The minimum Gasteiger partial charge on any atom is -0.508 e. The topological polar surface area (TPSA) is 108 Å². The van der Waals surface area contributed by atoms with E-state index in [2.05, 4.69) is 24.5 Å². The summed E-state index contributed by atoms with van der Waals surface area (Å²) in [5, 5.41) is 15.8. The summed E-state index contributed by atoms with van der Waals surface area (Å²) in [6, 6.07) is 17.6. The van der Waals surface area contributed by atoms with Crippen LogP contribution in [0.1, 0.15) is 88.2 Å². The van der Waals surface area contributed by atoms with Crippen molar-refractivity contribution in [2.24, 2.45) is 5.92 Å². The predicted octanol–water partition coefficient (Wildman–Crippen LogP) is 7.79. The highest BCUT2D eigenvalue weighted by molar-refractivity contribution is 6.00. The van der Waals surface area contributed by atoms with Gasteiger partial charge in [0.15, 0.2) is 0 Å². The summed E-state index contributed by atoms with van der Waals surface area (Å²) in [6.07, 6.45) is 0.893. The zero-order valence-electron chi connectivity index (χ0n) is 28.8. The number of nitrogens with one attached hydrogen (secondary N) is 2. The van der Waals surface area contributed by atoms with Gasteiger partial charge in [0.25, 0.3) is 5.91 Å². The molecule has 0 heterocycles. The van der Waals surface area contributed by atoms with Gasteiger partial charge >= 0.3 is 6.09 Å². The van der Waals surface area contributed by atoms with Crippen LogP contribution in [0.4, 0.5) is 10.5 Å². The maximum Gasteiger partial charge on any atom is 0.408 e. The number of aromatic hydroxyl groups is 1. The lowest BCUT2D eigenvalue weighted by Crippen LogP contribution is -2.55. The number of hydrogen-bond acceptors (Lipinski definition) is 5. The summed E-state index contributed by atoms with van der Waals surface area (Å²) in [5.74, 6) is -0.268. The van der Waals surface area contributed by atoms with E-state index in [1.54, 1.807) is 49.9 Å². The second-order valence-electron chi connectivity index (χ2n) is 13.7. The first-order valence-electron chi connectivity index (χ1n) is 16.1. The fraction of sp³-hybridized carbons (Fsp3) is 0.447. The Morgan fingerprint density at radius 3 is 1.98 bits per heavy atom. The molecule has 3 atom stereocenters. The number of carbonyl (C=O) groups excluding carboxylic acids is 3. The zero-order chi connectivity index (χ0) is 34.2. The van der Waals surface area contributed by atoms with Gasteiger partial charge in [0.2, 0.25) is 5.91 Å². The lowest BCUT2D eigenvalue weighted by Gasteiger charge is -2.39. The van der Waals surface area contributed by atoms with Gasteiger partial charge in [0.1, 0.15) is 23.4 Å². The number of rotatable bonds is 12. The van der Waals surface area contributed by atoms with Gasteiger partial charge in [-0.2, -0.15) is 0 Å². The molecular formula is C38H51N3O5. The second-order valence-corrected chi connectivity index (χ2v) is 13.7. The normalized spacial score (nSPS) is 13.4. The van der Waals surface area contributed by atoms with Crippen molar-refractivity contribution >= 4 is 23.6 Å². The molecular weight excluding hydrogens is 578 g/mol. The molecule has 0 aromatic heterocycles. The summed E-state index contributed by atoms with van der Waals surface area (Å²) >= 11 is 0. The van der Waals surface area contributed by atoms with Gasteiger partial charge in [-0.1, -0.05) is 74.0 Å². The largest absolute Gasteiger partial charge is 0.508 e. The number of carbonyl (C=O) groups is 3. The molecule has 0 aliphatic rings. The number of aryl methyl sites for hydroxylation is 3. The van der Waals surface area contributed by atoms with Gasteiger partial charge in [-0.3, -0.25) is 9.59 Å². The molecule has 46 heavy (non-hydrogen) atoms. The number of phenolic OH excluding ortho intramolecular Hbond substituents is 1. The molecule has 0 aliphatic heterocycles. The van der Waals surface area contributed by atoms with E-state index in [0.29, 0.717) is 23.6 Å². The molecule has 3 amide bonds. The zero-order valence-corrected chi connectivity index (χ0v) is 28.8. The van der Waals surface area contributed by atoms with Crippen molar-refractivity contribution in [3.8, 4) is 5.75 Å². The third-order valence-electron chi connectivity index (χ3n) is 7.91. The van der Waals surface area contributed by atoms with Crippen molar-refractivity contribution in [3.05, 3.63) is 94.5 Å². The molecule has 0 bridgehead atoms. The highest BCUT2D eigenvalue weighted by Crippen LogP contribution is 2.31. The molecule has 0 aliphatic carbocycles. The van der Waals surface area contributed by atoms with E-state index in [-0.39, 0.29) is 24.1 Å². The predicted molar refractivity (Wildman–Crippen MR) is 184 cm³/mol. The fourth-order valence-corrected chi connectivity index (χ4v) is 5.40. The van der Waals surface area contributed by atoms with E-state index < -0.39 is 29.7 Å². The minimum absolute atomic E-state index is 0.0956. The van der Waals surface area contributed by atoms with Crippen molar-refractivity contribution in [1.29, 1.82) is 0 Å². The molecule has 0 spiro atoms. The Bertz CT molecular complexity index is 1460. The number of nitrogens with zero attached hydrogens (tertiary/aromatic N) is 1. The Balaban J connectivity index is 2.16. The molecule has 3 rings (SSSR count). The van der Waals surface area contributed by atoms with Gasteiger partial charge in [-0.05, 0) is 102 Å². The molecule has 0 fully saturated rings. The molecule has 3 N–H and O–H groups in total. The maximum absolute atomic E-state index is 14.9. The number of ether oxygens (including phenoxy) is 1. The third kappa shape index (κ3) is 10.4. The molecule has 3 aromatic carbocycles. The monoisotopic (exact) mass is 629 g/mol. The van der Waals surface area contributed by atoms with Crippen LogP contribution >= 0.6 is 0 Å². The van der Waals surface area contributed by atoms with E-state index >= 15 is 0 Å². The average Bonchev–Trinajstić information content (AvgIpc) is 2.96. The average molecular weight is 630 g/mol. The quantitative estimate of drug-likeness (QED) is 0.190. The van der Waals surface area contributed by atoms with Crippen LogP contribution in [0.2, 0.25) is 0 Å². The Morgan fingerprint density at radius 2 is 1.43 bits per heavy atom. The van der Waals surface area contributed by atoms with Gasteiger partial charge in [0, 0.05) is 18.2 Å². The van der Waals surface area contributed by atoms with E-state index in [1.807, 2.05) is 70.2 Å². The van der Waals surface area contributed by atoms with Gasteiger partial charge in [0.05, 0.1) is 0 Å². The second kappa shape index (κ2) is 15.8. The Kier molecular flexibility index (Phi) is 12.4. The Labute approximate surface area is 274 Å². The number of hydrogen-bond donors (Lipinski definition) is 3. The fourth-order valence-electron chi connectivity index (χ4n) is 5.40. The van der Waals surface area contributed by atoms with Crippen molar-refractivity contribution in [3.63, 3.8) is 0 Å². The van der Waals surface area contributed by atoms with Crippen LogP contribution in [0.25, 0.3) is 0 Å². The van der Waals surface area contributed by atoms with Crippen LogP contribution in [0, 0.1) is 26.7 Å². The van der Waals surface area contributed by atoms with Gasteiger partial charge in [-0.25, -0.2) is 4.79 Å². The van der Waals surface area contributed by atoms with Crippen LogP contribution in [-0.4, -0.2) is 45.6 Å². The number of para-hydroxylation sites is 1. The molecule has 0 saturated heterocycles. The highest BCUT2D eigenvalue weighted by atomic mass is 16.6. The van der Waals surface area contributed by atoms with E-state index in [9.17, 15) is 19.5 Å². The Morgan fingerprint density at radius 1 is 0.848 bits per heavy atom. The first-order valence-corrected chi connectivity index (χ1v) is 16.1. The highest BCUT2D eigenvalue weighted by Gasteiger charge is 2.39. The number of anilines is 1. The molecule has 248 valence electrons. The van der Waals surface area contributed by atoms with Crippen LogP contribution in [0.5, 0.6) is 5.75 Å². The lowest BCUT2D eigenvalue weighted by molar-refractivity contribution is -0.143. The van der Waals surface area contributed by atoms with Gasteiger partial charge in [-0.15, -0.1) is 0 Å². The van der Waals surface area contributed by atoms with Crippen LogP contribution < -0.4 is 10.6 Å². The Hall–Kier alpha value is -4.33. The van der Waals surface area contributed by atoms with Gasteiger partial charge < -0.3 is 25.4 Å². The number of amides is 3. The number of phenols is 1. The van der Waals surface area contributed by atoms with E-state index in [1.165, 1.54) is 0 Å². The van der Waals surface area contributed by atoms with Crippen molar-refractivity contribution < 1.29 is 24.2 Å². The lowest BCUT2D eigenvalue weighted by atomic mass is 9.95. The molecule has 8 heteroatoms. The summed E-state index contributed by atoms with van der Waals surface area (Å²) in [5.41, 5.74) is 4.18. The summed E-state index contributed by atoms with van der Waals surface area (Å²) in [7, 11) is 0. The standard InChI is InChI=1S/C38H51N3O5/c1-24(2)13-16-28(6)41(36(44)32(39-37(45)46-38(7,8)9)23-29-17-21-31(42)22-18-29)34(30-19-14-25(3)15-20-30)35(43)40-33-26(4)11-10-12-27(33)5/h10-12,14-15,17-22,24,28,32,34,42H,13,16,23H2,1-9H3,(H,39,45)(H,40,43). The molecule has 0 saturated carbocycles. The van der Waals surface area contributed by atoms with E-state index in [4.69, 9.17) is 4.74 Å². The SMILES string of the molecule is Cc1ccc(C(C(=O)Nc2c(C)cccc2C)N(C(=O)C(Cc2ccc(O)cc2)NC(=O)OC(C)(C)C)C(C)CCC(C)C)cc1. The van der Waals surface area contributed by atoms with Crippen LogP contribution in [-0.2, 0) is 20.7 Å². The first kappa shape index (κ1) is 36.1. The molecule has 3 unspecified atom stereocenters. The van der Waals surface area contributed by atoms with Crippen LogP contribution in [0.15, 0.2) is 66.7 Å². The van der Waals surface area contributed by atoms with Crippen LogP contribution in [0.3, 0.4) is 0 Å². The first-order chi connectivity index (χ1) is 21.6. The molecule has 0 radical (unpaired) electrons. The van der Waals surface area contributed by atoms with Crippen molar-refractivity contribution in [1.82, 2.24) is 10.2 Å². The summed E-state index contributed by atoms with van der Waals surface area (Å²) < 4.78 is 5.57.